The number of para-hydroxylation sites is 1. The molecule has 3 nitrogen and oxygen atoms in total. The van der Waals surface area contributed by atoms with Crippen molar-refractivity contribution in [3.05, 3.63) is 78.4 Å². The second-order valence-electron chi connectivity index (χ2n) is 6.62. The van der Waals surface area contributed by atoms with Gasteiger partial charge in [-0.25, -0.2) is 0 Å². The number of likely N-dealkylation sites (tertiary alicyclic amines) is 1. The van der Waals surface area contributed by atoms with Crippen LogP contribution in [0.3, 0.4) is 0 Å². The van der Waals surface area contributed by atoms with Crippen LogP contribution in [-0.2, 0) is 11.3 Å². The van der Waals surface area contributed by atoms with Gasteiger partial charge in [0.05, 0.1) is 6.04 Å². The van der Waals surface area contributed by atoms with E-state index >= 15 is 0 Å². The number of hydrogen-bond donors (Lipinski definition) is 1. The van der Waals surface area contributed by atoms with E-state index in [9.17, 15) is 4.79 Å². The first kappa shape index (κ1) is 15.9. The fraction of sp³-hybridized carbons (Fsp3) is 0.227. The van der Waals surface area contributed by atoms with Crippen molar-refractivity contribution >= 4 is 22.4 Å². The monoisotopic (exact) mass is 330 g/mol. The van der Waals surface area contributed by atoms with Crippen molar-refractivity contribution in [1.29, 1.82) is 0 Å². The van der Waals surface area contributed by atoms with Crippen LogP contribution in [0, 0.1) is 0 Å². The van der Waals surface area contributed by atoms with Crippen LogP contribution in [0.1, 0.15) is 18.4 Å². The normalized spacial score (nSPS) is 17.7. The topological polar surface area (TPSA) is 32.3 Å². The molecule has 0 bridgehead atoms. The van der Waals surface area contributed by atoms with Crippen molar-refractivity contribution in [2.75, 3.05) is 11.9 Å². The summed E-state index contributed by atoms with van der Waals surface area (Å²) in [6.07, 6.45) is 1.99. The second-order valence-corrected chi connectivity index (χ2v) is 6.62. The van der Waals surface area contributed by atoms with Crippen molar-refractivity contribution in [1.82, 2.24) is 4.90 Å². The molecule has 3 aromatic rings. The smallest absolute Gasteiger partial charge is 0.241 e. The van der Waals surface area contributed by atoms with Crippen molar-refractivity contribution in [3.63, 3.8) is 0 Å². The molecule has 0 unspecified atom stereocenters. The minimum absolute atomic E-state index is 0.0563. The lowest BCUT2D eigenvalue weighted by Crippen LogP contribution is -2.39. The number of rotatable bonds is 4. The van der Waals surface area contributed by atoms with Gasteiger partial charge in [0.2, 0.25) is 5.91 Å². The molecule has 0 spiro atoms. The molecule has 1 saturated heterocycles. The Labute approximate surface area is 148 Å². The maximum Gasteiger partial charge on any atom is 0.241 e. The summed E-state index contributed by atoms with van der Waals surface area (Å²) in [4.78, 5) is 15.0. The highest BCUT2D eigenvalue weighted by molar-refractivity contribution is 5.95. The molecule has 1 fully saturated rings. The van der Waals surface area contributed by atoms with Crippen LogP contribution in [0.5, 0.6) is 0 Å². The Hall–Kier alpha value is -2.65. The van der Waals surface area contributed by atoms with Gasteiger partial charge in [-0.05, 0) is 47.9 Å². The first-order valence-electron chi connectivity index (χ1n) is 8.88. The Morgan fingerprint density at radius 1 is 0.960 bits per heavy atom. The molecule has 3 aromatic carbocycles. The molecule has 3 heteroatoms. The third-order valence-electron chi connectivity index (χ3n) is 4.96. The number of nitrogens with one attached hydrogen (secondary N) is 1. The third kappa shape index (κ3) is 3.42. The van der Waals surface area contributed by atoms with E-state index in [4.69, 9.17) is 0 Å². The lowest BCUT2D eigenvalue weighted by Gasteiger charge is -2.24. The molecule has 1 aliphatic rings. The zero-order valence-corrected chi connectivity index (χ0v) is 14.2. The van der Waals surface area contributed by atoms with Gasteiger partial charge in [0, 0.05) is 12.2 Å². The summed E-state index contributed by atoms with van der Waals surface area (Å²) in [5, 5.41) is 5.59. The van der Waals surface area contributed by atoms with Crippen LogP contribution in [0.15, 0.2) is 72.8 Å². The SMILES string of the molecule is O=C(Nc1ccccc1)[C@@H]1CCCN1Cc1cccc2ccccc12. The fourth-order valence-electron chi connectivity index (χ4n) is 3.71. The standard InChI is InChI=1S/C22H22N2O/c25-22(23-19-11-2-1-3-12-19)21-14-7-15-24(21)16-18-10-6-9-17-8-4-5-13-20(17)18/h1-6,8-13,21H,7,14-16H2,(H,23,25)/t21-/m0/s1. The highest BCUT2D eigenvalue weighted by Gasteiger charge is 2.30. The molecule has 0 aliphatic carbocycles. The number of anilines is 1. The molecular formula is C22H22N2O. The number of benzene rings is 3. The first-order valence-corrected chi connectivity index (χ1v) is 8.88. The van der Waals surface area contributed by atoms with E-state index in [-0.39, 0.29) is 11.9 Å². The zero-order chi connectivity index (χ0) is 17.1. The Morgan fingerprint density at radius 3 is 2.60 bits per heavy atom. The maximum atomic E-state index is 12.7. The van der Waals surface area contributed by atoms with Gasteiger partial charge in [-0.15, -0.1) is 0 Å². The molecule has 0 radical (unpaired) electrons. The van der Waals surface area contributed by atoms with Gasteiger partial charge in [-0.1, -0.05) is 60.7 Å². The predicted octanol–water partition coefficient (Wildman–Crippen LogP) is 4.44. The molecule has 1 N–H and O–H groups in total. The Bertz CT molecular complexity index is 870. The molecular weight excluding hydrogens is 308 g/mol. The maximum absolute atomic E-state index is 12.7. The summed E-state index contributed by atoms with van der Waals surface area (Å²) in [5.41, 5.74) is 2.15. The van der Waals surface area contributed by atoms with Gasteiger partial charge in [0.25, 0.3) is 0 Å². The van der Waals surface area contributed by atoms with Crippen LogP contribution in [0.2, 0.25) is 0 Å². The number of nitrogens with zero attached hydrogens (tertiary/aromatic N) is 1. The minimum Gasteiger partial charge on any atom is -0.325 e. The van der Waals surface area contributed by atoms with Gasteiger partial charge in [-0.3, -0.25) is 9.69 Å². The van der Waals surface area contributed by atoms with E-state index in [1.165, 1.54) is 16.3 Å². The molecule has 4 rings (SSSR count). The molecule has 126 valence electrons. The molecule has 1 aliphatic heterocycles. The number of hydrogen-bond acceptors (Lipinski definition) is 2. The summed E-state index contributed by atoms with van der Waals surface area (Å²) < 4.78 is 0. The van der Waals surface area contributed by atoms with Crippen LogP contribution < -0.4 is 5.32 Å². The minimum atomic E-state index is -0.0563. The van der Waals surface area contributed by atoms with E-state index in [0.29, 0.717) is 0 Å². The average molecular weight is 330 g/mol. The summed E-state index contributed by atoms with van der Waals surface area (Å²) in [6.45, 7) is 1.78. The second kappa shape index (κ2) is 7.08. The lowest BCUT2D eigenvalue weighted by atomic mass is 10.0. The molecule has 0 aromatic heterocycles. The van der Waals surface area contributed by atoms with Gasteiger partial charge in [0.15, 0.2) is 0 Å². The van der Waals surface area contributed by atoms with E-state index in [0.717, 1.165) is 31.6 Å². The quantitative estimate of drug-likeness (QED) is 0.767. The van der Waals surface area contributed by atoms with Gasteiger partial charge >= 0.3 is 0 Å². The summed E-state index contributed by atoms with van der Waals surface area (Å²) >= 11 is 0. The number of carbonyl (C=O) groups is 1. The van der Waals surface area contributed by atoms with Crippen molar-refractivity contribution in [2.24, 2.45) is 0 Å². The molecule has 1 atom stereocenters. The Balaban J connectivity index is 1.52. The average Bonchev–Trinajstić information content (AvgIpc) is 3.11. The molecule has 1 heterocycles. The fourth-order valence-corrected chi connectivity index (χ4v) is 3.71. The summed E-state index contributed by atoms with van der Waals surface area (Å²) in [6, 6.07) is 24.5. The molecule has 1 amide bonds. The largest absolute Gasteiger partial charge is 0.325 e. The first-order chi connectivity index (χ1) is 12.3. The van der Waals surface area contributed by atoms with E-state index < -0.39 is 0 Å². The van der Waals surface area contributed by atoms with Crippen molar-refractivity contribution in [3.8, 4) is 0 Å². The molecule has 25 heavy (non-hydrogen) atoms. The lowest BCUT2D eigenvalue weighted by molar-refractivity contribution is -0.120. The van der Waals surface area contributed by atoms with E-state index in [2.05, 4.69) is 52.7 Å². The number of fused-ring (bicyclic) bond motifs is 1. The predicted molar refractivity (Wildman–Crippen MR) is 102 cm³/mol. The van der Waals surface area contributed by atoms with E-state index in [1.807, 2.05) is 30.3 Å². The Kier molecular flexibility index (Phi) is 4.49. The van der Waals surface area contributed by atoms with Crippen molar-refractivity contribution < 1.29 is 4.79 Å². The van der Waals surface area contributed by atoms with E-state index in [1.54, 1.807) is 0 Å². The van der Waals surface area contributed by atoms with Crippen LogP contribution in [0.4, 0.5) is 5.69 Å². The Morgan fingerprint density at radius 2 is 1.72 bits per heavy atom. The van der Waals surface area contributed by atoms with Gasteiger partial charge in [0.1, 0.15) is 0 Å². The molecule has 0 saturated carbocycles. The van der Waals surface area contributed by atoms with Gasteiger partial charge in [-0.2, -0.15) is 0 Å². The van der Waals surface area contributed by atoms with Gasteiger partial charge < -0.3 is 5.32 Å². The number of amides is 1. The highest BCUT2D eigenvalue weighted by Crippen LogP contribution is 2.25. The number of carbonyl (C=O) groups excluding carboxylic acids is 1. The zero-order valence-electron chi connectivity index (χ0n) is 14.2. The summed E-state index contributed by atoms with van der Waals surface area (Å²) in [5.74, 6) is 0.101. The van der Waals surface area contributed by atoms with Crippen LogP contribution in [0.25, 0.3) is 10.8 Å². The van der Waals surface area contributed by atoms with Crippen LogP contribution in [-0.4, -0.2) is 23.4 Å². The summed E-state index contributed by atoms with van der Waals surface area (Å²) in [7, 11) is 0. The van der Waals surface area contributed by atoms with Crippen molar-refractivity contribution in [2.45, 2.75) is 25.4 Å². The highest BCUT2D eigenvalue weighted by atomic mass is 16.2. The third-order valence-corrected chi connectivity index (χ3v) is 4.96. The van der Waals surface area contributed by atoms with Crippen LogP contribution >= 0.6 is 0 Å².